The molecule has 20 heavy (non-hydrogen) atoms. The number of carbonyl (C=O) groups is 1. The van der Waals surface area contributed by atoms with E-state index in [-0.39, 0.29) is 5.91 Å². The second-order valence-electron chi connectivity index (χ2n) is 5.77. The molecule has 0 saturated carbocycles. The number of nitrogens with zero attached hydrogens (tertiary/aromatic N) is 3. The van der Waals surface area contributed by atoms with Crippen molar-refractivity contribution in [2.75, 3.05) is 19.6 Å². The van der Waals surface area contributed by atoms with Crippen molar-refractivity contribution in [3.05, 3.63) is 12.2 Å². The zero-order valence-corrected chi connectivity index (χ0v) is 11.6. The fourth-order valence-corrected chi connectivity index (χ4v) is 3.76. The maximum atomic E-state index is 12.3. The molecule has 0 spiro atoms. The minimum absolute atomic E-state index is 0.193. The van der Waals surface area contributed by atoms with Gasteiger partial charge < -0.3 is 11.1 Å². The summed E-state index contributed by atoms with van der Waals surface area (Å²) in [7, 11) is 0. The van der Waals surface area contributed by atoms with Crippen molar-refractivity contribution in [2.45, 2.75) is 37.8 Å². The number of nitrogens with two attached hydrogens (primary N) is 1. The lowest BCUT2D eigenvalue weighted by atomic mass is 9.74. The van der Waals surface area contributed by atoms with Crippen LogP contribution in [0.4, 0.5) is 0 Å². The van der Waals surface area contributed by atoms with Gasteiger partial charge >= 0.3 is 0 Å². The van der Waals surface area contributed by atoms with E-state index in [9.17, 15) is 4.79 Å². The van der Waals surface area contributed by atoms with Crippen molar-refractivity contribution in [1.82, 2.24) is 25.4 Å². The van der Waals surface area contributed by atoms with Gasteiger partial charge in [0.15, 0.2) is 5.82 Å². The van der Waals surface area contributed by atoms with Gasteiger partial charge in [0.25, 0.3) is 0 Å². The number of aromatic amines is 1. The number of primary amides is 1. The zero-order valence-electron chi connectivity index (χ0n) is 11.6. The second kappa shape index (κ2) is 5.49. The Hall–Kier alpha value is -1.47. The van der Waals surface area contributed by atoms with Crippen molar-refractivity contribution < 1.29 is 4.79 Å². The molecule has 4 N–H and O–H groups in total. The molecule has 2 atom stereocenters. The van der Waals surface area contributed by atoms with Crippen LogP contribution in [0, 0.1) is 5.92 Å². The number of nitrogens with one attached hydrogen (secondary N) is 2. The third-order valence-electron chi connectivity index (χ3n) is 4.76. The number of rotatable bonds is 4. The van der Waals surface area contributed by atoms with Gasteiger partial charge in [0.05, 0.1) is 6.54 Å². The van der Waals surface area contributed by atoms with Crippen LogP contribution in [-0.2, 0) is 11.3 Å². The average molecular weight is 278 g/mol. The van der Waals surface area contributed by atoms with Gasteiger partial charge in [0, 0.05) is 6.54 Å². The van der Waals surface area contributed by atoms with E-state index in [1.807, 2.05) is 0 Å². The van der Waals surface area contributed by atoms with Gasteiger partial charge in [-0.3, -0.25) is 14.8 Å². The third-order valence-corrected chi connectivity index (χ3v) is 4.76. The Morgan fingerprint density at radius 1 is 1.55 bits per heavy atom. The second-order valence-corrected chi connectivity index (χ2v) is 5.77. The molecule has 1 amide bonds. The molecule has 1 aromatic rings. The summed E-state index contributed by atoms with van der Waals surface area (Å²) in [5.41, 5.74) is 5.31. The zero-order chi connectivity index (χ0) is 14.0. The predicted octanol–water partition coefficient (Wildman–Crippen LogP) is -0.376. The van der Waals surface area contributed by atoms with Crippen molar-refractivity contribution in [3.8, 4) is 0 Å². The predicted molar refractivity (Wildman–Crippen MR) is 73.5 cm³/mol. The van der Waals surface area contributed by atoms with Crippen molar-refractivity contribution >= 4 is 5.91 Å². The smallest absolute Gasteiger partial charge is 0.238 e. The summed E-state index contributed by atoms with van der Waals surface area (Å²) in [6.07, 6.45) is 5.58. The SMILES string of the molecule is NC(=O)C1(C2CCNC2)CCCCN1Cc1nc[nH]n1. The van der Waals surface area contributed by atoms with E-state index in [1.165, 1.54) is 0 Å². The van der Waals surface area contributed by atoms with Crippen LogP contribution in [-0.4, -0.2) is 51.2 Å². The number of hydrogen-bond donors (Lipinski definition) is 3. The molecule has 1 aromatic heterocycles. The molecule has 2 aliphatic rings. The Kier molecular flexibility index (Phi) is 3.71. The van der Waals surface area contributed by atoms with Crippen molar-refractivity contribution in [3.63, 3.8) is 0 Å². The molecule has 0 aliphatic carbocycles. The lowest BCUT2D eigenvalue weighted by Crippen LogP contribution is -2.64. The summed E-state index contributed by atoms with van der Waals surface area (Å²) in [4.78, 5) is 18.7. The maximum absolute atomic E-state index is 12.3. The summed E-state index contributed by atoms with van der Waals surface area (Å²) in [6, 6.07) is 0. The number of aromatic nitrogens is 3. The standard InChI is InChI=1S/C13H22N6O/c14-12(20)13(10-3-5-15-7-10)4-1-2-6-19(13)8-11-16-9-17-18-11/h9-10,15H,1-8H2,(H2,14,20)(H,16,17,18). The first-order valence-electron chi connectivity index (χ1n) is 7.34. The van der Waals surface area contributed by atoms with Crippen LogP contribution in [0.2, 0.25) is 0 Å². The van der Waals surface area contributed by atoms with Crippen molar-refractivity contribution in [1.29, 1.82) is 0 Å². The van der Waals surface area contributed by atoms with Gasteiger partial charge in [0.2, 0.25) is 5.91 Å². The molecule has 2 aliphatic heterocycles. The van der Waals surface area contributed by atoms with Crippen LogP contribution in [0.5, 0.6) is 0 Å². The summed E-state index contributed by atoms with van der Waals surface area (Å²) in [5.74, 6) is 0.823. The van der Waals surface area contributed by atoms with E-state index in [0.29, 0.717) is 12.5 Å². The summed E-state index contributed by atoms with van der Waals surface area (Å²) < 4.78 is 0. The minimum Gasteiger partial charge on any atom is -0.368 e. The topological polar surface area (TPSA) is 99.9 Å². The van der Waals surface area contributed by atoms with Gasteiger partial charge in [-0.05, 0) is 44.7 Å². The fraction of sp³-hybridized carbons (Fsp3) is 0.769. The number of carbonyl (C=O) groups excluding carboxylic acids is 1. The van der Waals surface area contributed by atoms with E-state index in [1.54, 1.807) is 6.33 Å². The third kappa shape index (κ3) is 2.20. The molecule has 3 rings (SSSR count). The molecule has 2 saturated heterocycles. The van der Waals surface area contributed by atoms with Crippen LogP contribution in [0.25, 0.3) is 0 Å². The molecule has 0 radical (unpaired) electrons. The average Bonchev–Trinajstić information content (AvgIpc) is 3.11. The fourth-order valence-electron chi connectivity index (χ4n) is 3.76. The molecule has 2 unspecified atom stereocenters. The van der Waals surface area contributed by atoms with E-state index in [4.69, 9.17) is 5.73 Å². The summed E-state index contributed by atoms with van der Waals surface area (Å²) in [6.45, 7) is 3.30. The monoisotopic (exact) mass is 278 g/mol. The molecule has 3 heterocycles. The molecule has 2 fully saturated rings. The Balaban J connectivity index is 1.88. The highest BCUT2D eigenvalue weighted by molar-refractivity contribution is 5.85. The molecule has 0 aromatic carbocycles. The van der Waals surface area contributed by atoms with Gasteiger partial charge in [0.1, 0.15) is 11.9 Å². The first-order valence-corrected chi connectivity index (χ1v) is 7.34. The first-order chi connectivity index (χ1) is 9.73. The van der Waals surface area contributed by atoms with E-state index in [0.717, 1.165) is 51.1 Å². The van der Waals surface area contributed by atoms with Gasteiger partial charge in [-0.25, -0.2) is 4.98 Å². The van der Waals surface area contributed by atoms with E-state index in [2.05, 4.69) is 25.4 Å². The Labute approximate surface area is 118 Å². The number of piperidine rings is 1. The molecular formula is C13H22N6O. The van der Waals surface area contributed by atoms with Gasteiger partial charge in [-0.1, -0.05) is 0 Å². The lowest BCUT2D eigenvalue weighted by molar-refractivity contribution is -0.138. The number of hydrogen-bond acceptors (Lipinski definition) is 5. The first kappa shape index (κ1) is 13.5. The van der Waals surface area contributed by atoms with Crippen molar-refractivity contribution in [2.24, 2.45) is 11.7 Å². The summed E-state index contributed by atoms with van der Waals surface area (Å²) in [5, 5.41) is 10.2. The number of amides is 1. The van der Waals surface area contributed by atoms with Crippen LogP contribution in [0.15, 0.2) is 6.33 Å². The largest absolute Gasteiger partial charge is 0.368 e. The van der Waals surface area contributed by atoms with Gasteiger partial charge in [-0.15, -0.1) is 0 Å². The van der Waals surface area contributed by atoms with E-state index < -0.39 is 5.54 Å². The quantitative estimate of drug-likeness (QED) is 0.697. The summed E-state index contributed by atoms with van der Waals surface area (Å²) >= 11 is 0. The highest BCUT2D eigenvalue weighted by atomic mass is 16.1. The normalized spacial score (nSPS) is 31.5. The minimum atomic E-state index is -0.539. The van der Waals surface area contributed by atoms with Crippen LogP contribution < -0.4 is 11.1 Å². The van der Waals surface area contributed by atoms with Crippen LogP contribution in [0.3, 0.4) is 0 Å². The maximum Gasteiger partial charge on any atom is 0.238 e. The highest BCUT2D eigenvalue weighted by Crippen LogP contribution is 2.38. The lowest BCUT2D eigenvalue weighted by Gasteiger charge is -2.48. The molecule has 110 valence electrons. The molecule has 7 nitrogen and oxygen atoms in total. The van der Waals surface area contributed by atoms with Crippen LogP contribution in [0.1, 0.15) is 31.5 Å². The Morgan fingerprint density at radius 2 is 2.45 bits per heavy atom. The van der Waals surface area contributed by atoms with Crippen LogP contribution >= 0.6 is 0 Å². The van der Waals surface area contributed by atoms with Gasteiger partial charge in [-0.2, -0.15) is 5.10 Å². The number of H-pyrrole nitrogens is 1. The molecule has 7 heteroatoms. The molecular weight excluding hydrogens is 256 g/mol. The Morgan fingerprint density at radius 3 is 3.10 bits per heavy atom. The highest BCUT2D eigenvalue weighted by Gasteiger charge is 2.50. The number of likely N-dealkylation sites (tertiary alicyclic amines) is 1. The Bertz CT molecular complexity index is 455. The molecule has 0 bridgehead atoms. The van der Waals surface area contributed by atoms with E-state index >= 15 is 0 Å².